The smallest absolute Gasteiger partial charge is 0.0624 e. The average Bonchev–Trinajstić information content (AvgIpc) is 2.43. The number of hydrogen-bond donors (Lipinski definition) is 1. The molecule has 2 rings (SSSR count). The molecule has 1 fully saturated rings. The maximum atomic E-state index is 6.39. The fourth-order valence-electron chi connectivity index (χ4n) is 3.83. The molecule has 21 heavy (non-hydrogen) atoms. The van der Waals surface area contributed by atoms with E-state index in [2.05, 4.69) is 32.2 Å². The van der Waals surface area contributed by atoms with E-state index in [1.807, 2.05) is 12.1 Å². The van der Waals surface area contributed by atoms with Crippen LogP contribution in [0, 0.1) is 11.3 Å². The molecule has 1 N–H and O–H groups in total. The molecular weight excluding hydrogens is 301 g/mol. The maximum Gasteiger partial charge on any atom is 0.0624 e. The minimum absolute atomic E-state index is 0.399. The molecule has 0 saturated heterocycles. The molecule has 0 bridgehead atoms. The molecule has 1 aliphatic carbocycles. The number of halogens is 2. The third kappa shape index (κ3) is 4.15. The number of benzene rings is 1. The largest absolute Gasteiger partial charge is 0.314 e. The Labute approximate surface area is 139 Å². The Morgan fingerprint density at radius 1 is 1.29 bits per heavy atom. The van der Waals surface area contributed by atoms with Gasteiger partial charge in [-0.2, -0.15) is 0 Å². The van der Waals surface area contributed by atoms with Crippen LogP contribution in [0.25, 0.3) is 0 Å². The zero-order valence-corrected chi connectivity index (χ0v) is 14.9. The van der Waals surface area contributed by atoms with E-state index >= 15 is 0 Å². The topological polar surface area (TPSA) is 12.0 Å². The predicted octanol–water partition coefficient (Wildman–Crippen LogP) is 5.73. The van der Waals surface area contributed by atoms with Crippen molar-refractivity contribution in [2.45, 2.75) is 58.9 Å². The van der Waals surface area contributed by atoms with Gasteiger partial charge in [0.1, 0.15) is 0 Å². The van der Waals surface area contributed by atoms with Crippen LogP contribution in [0.15, 0.2) is 18.2 Å². The monoisotopic (exact) mass is 327 g/mol. The summed E-state index contributed by atoms with van der Waals surface area (Å²) in [6, 6.07) is 6.44. The van der Waals surface area contributed by atoms with E-state index in [-0.39, 0.29) is 0 Å². The summed E-state index contributed by atoms with van der Waals surface area (Å²) in [6.07, 6.45) is 6.30. The molecular formula is C18H27Cl2N. The molecule has 1 nitrogen and oxygen atoms in total. The van der Waals surface area contributed by atoms with Gasteiger partial charge in [0.15, 0.2) is 0 Å². The van der Waals surface area contributed by atoms with E-state index in [0.29, 0.717) is 22.4 Å². The van der Waals surface area contributed by atoms with E-state index in [1.165, 1.54) is 25.7 Å². The van der Waals surface area contributed by atoms with Crippen LogP contribution in [-0.2, 0) is 6.42 Å². The van der Waals surface area contributed by atoms with Gasteiger partial charge in [0.25, 0.3) is 0 Å². The first-order valence-electron chi connectivity index (χ1n) is 8.12. The first kappa shape index (κ1) is 17.1. The third-order valence-corrected chi connectivity index (χ3v) is 5.87. The lowest BCUT2D eigenvalue weighted by molar-refractivity contribution is 0.0988. The van der Waals surface area contributed by atoms with Gasteiger partial charge in [-0.15, -0.1) is 0 Å². The summed E-state index contributed by atoms with van der Waals surface area (Å²) in [5.41, 5.74) is 1.56. The van der Waals surface area contributed by atoms with Gasteiger partial charge < -0.3 is 5.32 Å². The van der Waals surface area contributed by atoms with Crippen LogP contribution < -0.4 is 5.32 Å². The summed E-state index contributed by atoms with van der Waals surface area (Å²) in [6.45, 7) is 8.01. The fraction of sp³-hybridized carbons (Fsp3) is 0.667. The predicted molar refractivity (Wildman–Crippen MR) is 93.4 cm³/mol. The summed E-state index contributed by atoms with van der Waals surface area (Å²) in [4.78, 5) is 0. The Kier molecular flexibility index (Phi) is 5.99. The van der Waals surface area contributed by atoms with Crippen molar-refractivity contribution in [1.82, 2.24) is 5.32 Å². The van der Waals surface area contributed by atoms with Crippen molar-refractivity contribution in [3.63, 3.8) is 0 Å². The molecule has 1 aromatic rings. The second kappa shape index (κ2) is 7.35. The average molecular weight is 328 g/mol. The summed E-state index contributed by atoms with van der Waals surface area (Å²) >= 11 is 12.6. The number of hydrogen-bond acceptors (Lipinski definition) is 1. The number of nitrogens with one attached hydrogen (secondary N) is 1. The molecule has 0 spiro atoms. The molecule has 1 aromatic carbocycles. The van der Waals surface area contributed by atoms with Gasteiger partial charge in [0.05, 0.1) is 10.0 Å². The lowest BCUT2D eigenvalue weighted by atomic mass is 9.65. The van der Waals surface area contributed by atoms with Crippen molar-refractivity contribution in [3.8, 4) is 0 Å². The van der Waals surface area contributed by atoms with Gasteiger partial charge >= 0.3 is 0 Å². The van der Waals surface area contributed by atoms with Crippen LogP contribution in [0.5, 0.6) is 0 Å². The number of likely N-dealkylation sites (N-methyl/N-ethyl adjacent to an activating group) is 1. The Balaban J connectivity index is 2.20. The van der Waals surface area contributed by atoms with Crippen LogP contribution in [-0.4, -0.2) is 12.6 Å². The fourth-order valence-corrected chi connectivity index (χ4v) is 4.23. The molecule has 118 valence electrons. The van der Waals surface area contributed by atoms with Crippen molar-refractivity contribution in [3.05, 3.63) is 33.8 Å². The zero-order chi connectivity index (χ0) is 15.5. The van der Waals surface area contributed by atoms with E-state index in [1.54, 1.807) is 0 Å². The maximum absolute atomic E-state index is 6.39. The second-order valence-corrected chi connectivity index (χ2v) is 7.71. The molecule has 0 amide bonds. The van der Waals surface area contributed by atoms with Crippen LogP contribution in [0.2, 0.25) is 10.0 Å². The second-order valence-electron chi connectivity index (χ2n) is 6.92. The minimum Gasteiger partial charge on any atom is -0.314 e. The van der Waals surface area contributed by atoms with Gasteiger partial charge in [-0.05, 0) is 48.8 Å². The summed E-state index contributed by atoms with van der Waals surface area (Å²) in [5.74, 6) is 0.696. The molecule has 0 heterocycles. The Morgan fingerprint density at radius 2 is 2.05 bits per heavy atom. The van der Waals surface area contributed by atoms with E-state index in [0.717, 1.165) is 23.6 Å². The van der Waals surface area contributed by atoms with E-state index < -0.39 is 0 Å². The van der Waals surface area contributed by atoms with Crippen LogP contribution in [0.3, 0.4) is 0 Å². The first-order chi connectivity index (χ1) is 9.95. The van der Waals surface area contributed by atoms with Gasteiger partial charge in [0.2, 0.25) is 0 Å². The van der Waals surface area contributed by atoms with Crippen molar-refractivity contribution in [2.24, 2.45) is 11.3 Å². The Hall–Kier alpha value is -0.240. The highest BCUT2D eigenvalue weighted by Gasteiger charge is 2.37. The highest BCUT2D eigenvalue weighted by molar-refractivity contribution is 6.42. The summed E-state index contributed by atoms with van der Waals surface area (Å²) < 4.78 is 0. The van der Waals surface area contributed by atoms with Crippen LogP contribution in [0.1, 0.15) is 52.0 Å². The molecule has 2 unspecified atom stereocenters. The van der Waals surface area contributed by atoms with Gasteiger partial charge in [-0.3, -0.25) is 0 Å². The molecule has 0 aliphatic heterocycles. The normalized spacial score (nSPS) is 23.0. The quantitative estimate of drug-likeness (QED) is 0.728. The van der Waals surface area contributed by atoms with E-state index in [9.17, 15) is 0 Å². The summed E-state index contributed by atoms with van der Waals surface area (Å²) in [7, 11) is 0. The van der Waals surface area contributed by atoms with Crippen molar-refractivity contribution >= 4 is 23.2 Å². The Bertz CT molecular complexity index is 470. The number of rotatable bonds is 5. The van der Waals surface area contributed by atoms with Gasteiger partial charge in [-0.1, -0.05) is 68.9 Å². The molecule has 3 heteroatoms. The molecule has 1 aliphatic rings. The molecule has 0 aromatic heterocycles. The lowest BCUT2D eigenvalue weighted by Gasteiger charge is -2.43. The summed E-state index contributed by atoms with van der Waals surface area (Å²) in [5, 5.41) is 5.08. The van der Waals surface area contributed by atoms with Crippen LogP contribution in [0.4, 0.5) is 0 Å². The van der Waals surface area contributed by atoms with Crippen molar-refractivity contribution in [1.29, 1.82) is 0 Å². The lowest BCUT2D eigenvalue weighted by Crippen LogP contribution is -2.46. The van der Waals surface area contributed by atoms with Gasteiger partial charge in [0, 0.05) is 6.04 Å². The highest BCUT2D eigenvalue weighted by atomic mass is 35.5. The molecule has 2 atom stereocenters. The zero-order valence-electron chi connectivity index (χ0n) is 13.4. The van der Waals surface area contributed by atoms with E-state index in [4.69, 9.17) is 23.2 Å². The van der Waals surface area contributed by atoms with Crippen LogP contribution >= 0.6 is 23.2 Å². The van der Waals surface area contributed by atoms with Crippen molar-refractivity contribution < 1.29 is 0 Å². The highest BCUT2D eigenvalue weighted by Crippen LogP contribution is 2.43. The standard InChI is InChI=1S/C18H27Cl2N/c1-4-21-16(14-9-5-6-11-18(14,2)3)12-13-8-7-10-15(19)17(13)20/h7-8,10,14,16,21H,4-6,9,11-12H2,1-3H3. The van der Waals surface area contributed by atoms with Crippen molar-refractivity contribution in [2.75, 3.05) is 6.54 Å². The molecule has 0 radical (unpaired) electrons. The SMILES string of the molecule is CCNC(Cc1cccc(Cl)c1Cl)C1CCCCC1(C)C. The Morgan fingerprint density at radius 3 is 2.71 bits per heavy atom. The van der Waals surface area contributed by atoms with Gasteiger partial charge in [-0.25, -0.2) is 0 Å². The third-order valence-electron chi connectivity index (χ3n) is 5.01. The molecule has 1 saturated carbocycles. The first-order valence-corrected chi connectivity index (χ1v) is 8.87. The minimum atomic E-state index is 0.399.